The van der Waals surface area contributed by atoms with Gasteiger partial charge in [-0.2, -0.15) is 10.2 Å². The second-order valence-corrected chi connectivity index (χ2v) is 17.1. The van der Waals surface area contributed by atoms with Gasteiger partial charge in [0, 0.05) is 52.0 Å². The molecule has 1 saturated carbocycles. The summed E-state index contributed by atoms with van der Waals surface area (Å²) in [7, 11) is 3.65. The van der Waals surface area contributed by atoms with Gasteiger partial charge in [0.1, 0.15) is 18.2 Å². The van der Waals surface area contributed by atoms with Gasteiger partial charge >= 0.3 is 5.69 Å². The minimum atomic E-state index is -2.87. The number of aromatic nitrogens is 7. The van der Waals surface area contributed by atoms with Gasteiger partial charge in [-0.1, -0.05) is 17.9 Å². The summed E-state index contributed by atoms with van der Waals surface area (Å²) >= 11 is 0. The number of carbonyl (C=O) groups excluding carboxylic acids is 3. The first-order chi connectivity index (χ1) is 30.5. The van der Waals surface area contributed by atoms with E-state index in [1.165, 1.54) is 26.0 Å². The summed E-state index contributed by atoms with van der Waals surface area (Å²) in [6.07, 6.45) is 7.54. The van der Waals surface area contributed by atoms with Crippen molar-refractivity contribution in [1.29, 1.82) is 0 Å². The first kappa shape index (κ1) is 42.5. The van der Waals surface area contributed by atoms with Gasteiger partial charge in [-0.3, -0.25) is 38.4 Å². The van der Waals surface area contributed by atoms with Crippen molar-refractivity contribution in [2.45, 2.75) is 82.0 Å². The molecule has 9 rings (SSSR count). The van der Waals surface area contributed by atoms with E-state index in [4.69, 9.17) is 14.5 Å². The van der Waals surface area contributed by atoms with Crippen molar-refractivity contribution < 1.29 is 32.6 Å². The fourth-order valence-corrected chi connectivity index (χ4v) is 9.54. The van der Waals surface area contributed by atoms with Crippen molar-refractivity contribution in [2.75, 3.05) is 58.4 Å². The summed E-state index contributed by atoms with van der Waals surface area (Å²) < 4.78 is 46.4. The molecule has 17 nitrogen and oxygen atoms in total. The summed E-state index contributed by atoms with van der Waals surface area (Å²) in [6, 6.07) is 6.39. The molecule has 0 bridgehead atoms. The summed E-state index contributed by atoms with van der Waals surface area (Å²) in [5.74, 6) is 5.36. The highest BCUT2D eigenvalue weighted by molar-refractivity contribution is 6.08. The number of anilines is 1. The van der Waals surface area contributed by atoms with Crippen LogP contribution in [0.1, 0.15) is 103 Å². The molecule has 1 aliphatic carbocycles. The van der Waals surface area contributed by atoms with E-state index < -0.39 is 30.0 Å². The number of morpholine rings is 1. The van der Waals surface area contributed by atoms with E-state index in [9.17, 15) is 28.0 Å². The molecule has 2 N–H and O–H groups in total. The number of para-hydroxylation sites is 1. The van der Waals surface area contributed by atoms with Crippen molar-refractivity contribution >= 4 is 40.1 Å². The van der Waals surface area contributed by atoms with E-state index in [0.717, 1.165) is 70.4 Å². The number of nitrogens with one attached hydrogen (secondary N) is 2. The molecule has 4 aliphatic rings. The predicted octanol–water partition coefficient (Wildman–Crippen LogP) is 4.01. The molecule has 2 unspecified atom stereocenters. The highest BCUT2D eigenvalue weighted by atomic mass is 19.3. The largest absolute Gasteiger partial charge is 0.378 e. The van der Waals surface area contributed by atoms with E-state index in [-0.39, 0.29) is 60.5 Å². The first-order valence-corrected chi connectivity index (χ1v) is 21.7. The molecular formula is C44H51F2N11O6. The zero-order valence-electron chi connectivity index (χ0n) is 35.3. The number of alkyl halides is 2. The quantitative estimate of drug-likeness (QED) is 0.153. The number of nitrogens with zero attached hydrogens (tertiary/aromatic N) is 9. The van der Waals surface area contributed by atoms with Crippen LogP contribution < -0.4 is 16.3 Å². The number of hydrogen-bond acceptors (Lipinski definition) is 11. The number of likely N-dealkylation sites (tertiary alicyclic amines) is 1. The van der Waals surface area contributed by atoms with Crippen LogP contribution in [0.5, 0.6) is 0 Å². The Morgan fingerprint density at radius 3 is 2.60 bits per heavy atom. The zero-order valence-corrected chi connectivity index (χ0v) is 35.3. The third-order valence-electron chi connectivity index (χ3n) is 13.1. The monoisotopic (exact) mass is 867 g/mol. The summed E-state index contributed by atoms with van der Waals surface area (Å²) in [4.78, 5) is 60.4. The Labute approximate surface area is 361 Å². The third-order valence-corrected chi connectivity index (χ3v) is 13.1. The maximum absolute atomic E-state index is 14.3. The number of halogens is 2. The molecule has 4 fully saturated rings. The molecule has 5 aromatic rings. The molecule has 0 spiro atoms. The number of benzene rings is 1. The Hall–Kier alpha value is -5.81. The number of imidazole rings is 1. The van der Waals surface area contributed by atoms with E-state index in [0.29, 0.717) is 41.4 Å². The normalized spacial score (nSPS) is 23.0. The van der Waals surface area contributed by atoms with Crippen molar-refractivity contribution in [3.05, 3.63) is 75.9 Å². The fourth-order valence-electron chi connectivity index (χ4n) is 9.54. The Kier molecular flexibility index (Phi) is 12.2. The number of piperidine rings is 2. The van der Waals surface area contributed by atoms with Gasteiger partial charge in [0.05, 0.1) is 65.6 Å². The topological polar surface area (TPSA) is 175 Å². The predicted molar refractivity (Wildman–Crippen MR) is 226 cm³/mol. The number of aryl methyl sites for hydroxylation is 1. The molecule has 0 radical (unpaired) electrons. The van der Waals surface area contributed by atoms with Gasteiger partial charge < -0.3 is 19.7 Å². The summed E-state index contributed by atoms with van der Waals surface area (Å²) in [5.41, 5.74) is 2.31. The van der Waals surface area contributed by atoms with Gasteiger partial charge in [0.15, 0.2) is 11.3 Å². The molecule has 3 amide bonds. The van der Waals surface area contributed by atoms with E-state index >= 15 is 0 Å². The van der Waals surface area contributed by atoms with Gasteiger partial charge in [-0.15, -0.1) is 0 Å². The van der Waals surface area contributed by atoms with Gasteiger partial charge in [-0.05, 0) is 76.1 Å². The third kappa shape index (κ3) is 8.77. The highest BCUT2D eigenvalue weighted by Crippen LogP contribution is 2.36. The Balaban J connectivity index is 0.751. The minimum Gasteiger partial charge on any atom is -0.378 e. The second-order valence-electron chi connectivity index (χ2n) is 17.1. The van der Waals surface area contributed by atoms with Crippen LogP contribution in [0.2, 0.25) is 0 Å². The van der Waals surface area contributed by atoms with Gasteiger partial charge in [0.2, 0.25) is 11.8 Å². The lowest BCUT2D eigenvalue weighted by atomic mass is 9.85. The van der Waals surface area contributed by atoms with Gasteiger partial charge in [-0.25, -0.2) is 23.1 Å². The maximum atomic E-state index is 14.3. The second kappa shape index (κ2) is 18.1. The van der Waals surface area contributed by atoms with Crippen molar-refractivity contribution in [2.24, 2.45) is 13.0 Å². The number of imide groups is 1. The SMILES string of the molecule is CN1CCOCC1c1ccn2ncc(C(=O)Nc3cn(C4CCC(CN5CCC(OCC#Cc6cccc7c6n(C)c(=O)n7C6CCC(=O)NC6=O)CC5)CC4)nc3C(F)F)c2n1. The van der Waals surface area contributed by atoms with Crippen LogP contribution in [-0.2, 0) is 26.1 Å². The van der Waals surface area contributed by atoms with Crippen molar-refractivity contribution in [1.82, 2.24) is 48.6 Å². The molecule has 4 aromatic heterocycles. The molecule has 3 aliphatic heterocycles. The summed E-state index contributed by atoms with van der Waals surface area (Å²) in [6.45, 7) is 4.88. The molecule has 63 heavy (non-hydrogen) atoms. The van der Waals surface area contributed by atoms with Crippen molar-refractivity contribution in [3.8, 4) is 11.8 Å². The standard InChI is InChI=1S/C44H51F2N11O6/c1-52-20-22-62-26-36(52)32-16-19-55-41(48-32)31(23-47-55)42(59)49-33-25-56(51-38(33)40(45)46)29-10-8-27(9-11-29)24-54-17-14-30(15-18-54)63-21-4-6-28-5-3-7-34-39(28)53(2)44(61)57(34)35-12-13-37(58)50-43(35)60/h3,5,7,16,19,23,25,27,29-30,35-36,40H,8-15,17-18,20-22,24,26H2,1-2H3,(H,49,59)(H,50,58,60). The fraction of sp³-hybridized carbons (Fsp3) is 0.523. The minimum absolute atomic E-state index is 0.0184. The number of fused-ring (bicyclic) bond motifs is 2. The number of likely N-dealkylation sites (N-methyl/N-ethyl adjacent to an activating group) is 1. The number of carbonyl (C=O) groups is 3. The Morgan fingerprint density at radius 1 is 1.03 bits per heavy atom. The number of amides is 3. The van der Waals surface area contributed by atoms with E-state index in [1.54, 1.807) is 30.1 Å². The molecule has 1 aromatic carbocycles. The average molecular weight is 868 g/mol. The van der Waals surface area contributed by atoms with Crippen LogP contribution in [0.15, 0.2) is 47.7 Å². The lowest BCUT2D eigenvalue weighted by Crippen LogP contribution is -2.44. The van der Waals surface area contributed by atoms with E-state index in [1.807, 2.05) is 19.2 Å². The smallest absolute Gasteiger partial charge is 0.329 e. The lowest BCUT2D eigenvalue weighted by Gasteiger charge is -2.36. The Bertz CT molecular complexity index is 2640. The van der Waals surface area contributed by atoms with Crippen LogP contribution in [0.25, 0.3) is 16.7 Å². The van der Waals surface area contributed by atoms with Gasteiger partial charge in [0.25, 0.3) is 12.3 Å². The Morgan fingerprint density at radius 2 is 1.84 bits per heavy atom. The number of hydrogen-bond donors (Lipinski definition) is 2. The average Bonchev–Trinajstić information content (AvgIpc) is 3.98. The molecule has 7 heterocycles. The molecule has 3 saturated heterocycles. The van der Waals surface area contributed by atoms with Crippen LogP contribution in [-0.4, -0.2) is 120 Å². The number of ether oxygens (including phenoxy) is 2. The van der Waals surface area contributed by atoms with Crippen LogP contribution >= 0.6 is 0 Å². The first-order valence-electron chi connectivity index (χ1n) is 21.7. The molecule has 19 heteroatoms. The highest BCUT2D eigenvalue weighted by Gasteiger charge is 2.33. The van der Waals surface area contributed by atoms with Crippen LogP contribution in [0.3, 0.4) is 0 Å². The molecular weight excluding hydrogens is 817 g/mol. The zero-order chi connectivity index (χ0) is 43.8. The molecule has 2 atom stereocenters. The van der Waals surface area contributed by atoms with Crippen LogP contribution in [0, 0.1) is 17.8 Å². The lowest BCUT2D eigenvalue weighted by molar-refractivity contribution is -0.135. The van der Waals surface area contributed by atoms with Crippen LogP contribution in [0.4, 0.5) is 14.5 Å². The van der Waals surface area contributed by atoms with Crippen molar-refractivity contribution in [3.63, 3.8) is 0 Å². The van der Waals surface area contributed by atoms with E-state index in [2.05, 4.69) is 42.5 Å². The molecule has 332 valence electrons. The maximum Gasteiger partial charge on any atom is 0.329 e. The summed E-state index contributed by atoms with van der Waals surface area (Å²) in [5, 5.41) is 13.6. The number of rotatable bonds is 10.